The molecule has 0 aromatic carbocycles. The van der Waals surface area contributed by atoms with Crippen molar-refractivity contribution in [1.82, 2.24) is 14.9 Å². The molecule has 1 amide bonds. The monoisotopic (exact) mass is 326 g/mol. The van der Waals surface area contributed by atoms with E-state index in [1.54, 1.807) is 13.2 Å². The fraction of sp³-hybridized carbons (Fsp3) is 0.250. The van der Waals surface area contributed by atoms with E-state index in [1.165, 1.54) is 22.3 Å². The lowest BCUT2D eigenvalue weighted by Crippen LogP contribution is -2.26. The average Bonchev–Trinajstić information content (AvgIpc) is 2.82. The summed E-state index contributed by atoms with van der Waals surface area (Å²) in [4.78, 5) is 32.7. The minimum Gasteiger partial charge on any atom is -0.336 e. The minimum atomic E-state index is -0.652. The second-order valence-electron chi connectivity index (χ2n) is 4.29. The van der Waals surface area contributed by atoms with Gasteiger partial charge in [0.05, 0.1) is 16.5 Å². The standard InChI is InChI=1S/C12H11ClN4O3S/c1-7-14-4-8(21-7)6-16(2)12(18)9-3-11(13)15-5-10(9)17(19)20/h3-5H,6H2,1-2H3. The Labute approximate surface area is 129 Å². The number of carbonyl (C=O) groups is 1. The van der Waals surface area contributed by atoms with Crippen LogP contribution in [-0.4, -0.2) is 32.7 Å². The first-order chi connectivity index (χ1) is 9.88. The molecule has 0 aliphatic rings. The Bertz CT molecular complexity index is 704. The van der Waals surface area contributed by atoms with Crippen LogP contribution in [0.1, 0.15) is 20.2 Å². The lowest BCUT2D eigenvalue weighted by atomic mass is 10.2. The Morgan fingerprint density at radius 3 is 2.76 bits per heavy atom. The molecule has 0 radical (unpaired) electrons. The summed E-state index contributed by atoms with van der Waals surface area (Å²) in [6.07, 6.45) is 2.66. The van der Waals surface area contributed by atoms with Crippen LogP contribution in [0.5, 0.6) is 0 Å². The Balaban J connectivity index is 2.26. The van der Waals surface area contributed by atoms with Crippen LogP contribution >= 0.6 is 22.9 Å². The SMILES string of the molecule is Cc1ncc(CN(C)C(=O)c2cc(Cl)ncc2[N+](=O)[O-])s1. The number of aryl methyl sites for hydroxylation is 1. The Kier molecular flexibility index (Phi) is 4.49. The van der Waals surface area contributed by atoms with Gasteiger partial charge in [0.25, 0.3) is 11.6 Å². The van der Waals surface area contributed by atoms with Gasteiger partial charge in [0, 0.05) is 18.1 Å². The molecule has 21 heavy (non-hydrogen) atoms. The second-order valence-corrected chi connectivity index (χ2v) is 5.99. The quantitative estimate of drug-likeness (QED) is 0.489. The second kappa shape index (κ2) is 6.15. The van der Waals surface area contributed by atoms with Gasteiger partial charge < -0.3 is 4.90 Å². The number of nitrogens with zero attached hydrogens (tertiary/aromatic N) is 4. The van der Waals surface area contributed by atoms with Crippen molar-refractivity contribution < 1.29 is 9.72 Å². The van der Waals surface area contributed by atoms with Gasteiger partial charge in [-0.05, 0) is 13.0 Å². The molecule has 0 saturated heterocycles. The molecular formula is C12H11ClN4O3S. The molecule has 0 aliphatic carbocycles. The number of amides is 1. The summed E-state index contributed by atoms with van der Waals surface area (Å²) in [7, 11) is 1.56. The Morgan fingerprint density at radius 2 is 2.19 bits per heavy atom. The maximum Gasteiger partial charge on any atom is 0.300 e. The van der Waals surface area contributed by atoms with Crippen LogP contribution in [0.4, 0.5) is 5.69 Å². The van der Waals surface area contributed by atoms with Crippen molar-refractivity contribution in [2.24, 2.45) is 0 Å². The summed E-state index contributed by atoms with van der Waals surface area (Å²) >= 11 is 7.19. The van der Waals surface area contributed by atoms with Crippen LogP contribution in [0.2, 0.25) is 5.15 Å². The average molecular weight is 327 g/mol. The highest BCUT2D eigenvalue weighted by molar-refractivity contribution is 7.11. The number of hydrogen-bond acceptors (Lipinski definition) is 6. The maximum atomic E-state index is 12.4. The maximum absolute atomic E-state index is 12.4. The predicted molar refractivity (Wildman–Crippen MR) is 78.5 cm³/mol. The van der Waals surface area contributed by atoms with Gasteiger partial charge in [0.15, 0.2) is 0 Å². The molecule has 0 saturated carbocycles. The summed E-state index contributed by atoms with van der Waals surface area (Å²) < 4.78 is 0. The third-order valence-electron chi connectivity index (χ3n) is 2.69. The normalized spacial score (nSPS) is 10.4. The highest BCUT2D eigenvalue weighted by Crippen LogP contribution is 2.23. The van der Waals surface area contributed by atoms with Gasteiger partial charge in [-0.25, -0.2) is 9.97 Å². The third kappa shape index (κ3) is 3.53. The van der Waals surface area contributed by atoms with Crippen molar-refractivity contribution in [2.75, 3.05) is 7.05 Å². The van der Waals surface area contributed by atoms with Crippen molar-refractivity contribution in [3.8, 4) is 0 Å². The number of pyridine rings is 1. The van der Waals surface area contributed by atoms with Crippen LogP contribution in [0.3, 0.4) is 0 Å². The van der Waals surface area contributed by atoms with Gasteiger partial charge in [-0.1, -0.05) is 11.6 Å². The fourth-order valence-electron chi connectivity index (χ4n) is 1.73. The van der Waals surface area contributed by atoms with E-state index >= 15 is 0 Å². The molecule has 0 unspecified atom stereocenters. The zero-order valence-corrected chi connectivity index (χ0v) is 12.8. The lowest BCUT2D eigenvalue weighted by molar-refractivity contribution is -0.385. The highest BCUT2D eigenvalue weighted by atomic mass is 35.5. The minimum absolute atomic E-state index is 0.0333. The molecule has 0 atom stereocenters. The van der Waals surface area contributed by atoms with E-state index < -0.39 is 10.8 Å². The molecule has 110 valence electrons. The summed E-state index contributed by atoms with van der Waals surface area (Å²) in [5.41, 5.74) is -0.444. The molecule has 0 N–H and O–H groups in total. The molecule has 0 aliphatic heterocycles. The number of halogens is 1. The van der Waals surface area contributed by atoms with E-state index in [0.717, 1.165) is 16.1 Å². The smallest absolute Gasteiger partial charge is 0.300 e. The molecule has 2 aromatic rings. The zero-order chi connectivity index (χ0) is 15.6. The molecule has 9 heteroatoms. The van der Waals surface area contributed by atoms with E-state index in [-0.39, 0.29) is 16.4 Å². The number of thiazole rings is 1. The number of aromatic nitrogens is 2. The third-order valence-corrected chi connectivity index (χ3v) is 3.79. The lowest BCUT2D eigenvalue weighted by Gasteiger charge is -2.16. The van der Waals surface area contributed by atoms with Crippen LogP contribution in [0, 0.1) is 17.0 Å². The fourth-order valence-corrected chi connectivity index (χ4v) is 2.74. The first-order valence-corrected chi connectivity index (χ1v) is 7.04. The first-order valence-electron chi connectivity index (χ1n) is 5.85. The van der Waals surface area contributed by atoms with E-state index in [9.17, 15) is 14.9 Å². The van der Waals surface area contributed by atoms with Crippen LogP contribution < -0.4 is 0 Å². The Morgan fingerprint density at radius 1 is 1.48 bits per heavy atom. The van der Waals surface area contributed by atoms with Crippen molar-refractivity contribution in [3.05, 3.63) is 49.2 Å². The largest absolute Gasteiger partial charge is 0.336 e. The zero-order valence-electron chi connectivity index (χ0n) is 11.2. The topological polar surface area (TPSA) is 89.2 Å². The van der Waals surface area contributed by atoms with Crippen LogP contribution in [-0.2, 0) is 6.54 Å². The van der Waals surface area contributed by atoms with E-state index in [2.05, 4.69) is 9.97 Å². The summed E-state index contributed by atoms with van der Waals surface area (Å²) in [6.45, 7) is 2.19. The van der Waals surface area contributed by atoms with Crippen molar-refractivity contribution in [1.29, 1.82) is 0 Å². The van der Waals surface area contributed by atoms with Gasteiger partial charge in [0.1, 0.15) is 16.9 Å². The molecule has 0 fully saturated rings. The number of hydrogen-bond donors (Lipinski definition) is 0. The highest BCUT2D eigenvalue weighted by Gasteiger charge is 2.24. The first kappa shape index (κ1) is 15.3. The number of rotatable bonds is 4. The van der Waals surface area contributed by atoms with Gasteiger partial charge in [0.2, 0.25) is 0 Å². The number of nitro groups is 1. The van der Waals surface area contributed by atoms with Gasteiger partial charge in [-0.2, -0.15) is 0 Å². The summed E-state index contributed by atoms with van der Waals surface area (Å²) in [5.74, 6) is -0.489. The molecular weight excluding hydrogens is 316 g/mol. The van der Waals surface area contributed by atoms with Crippen molar-refractivity contribution in [3.63, 3.8) is 0 Å². The molecule has 2 rings (SSSR count). The van der Waals surface area contributed by atoms with Gasteiger partial charge >= 0.3 is 0 Å². The summed E-state index contributed by atoms with van der Waals surface area (Å²) in [5, 5.41) is 11.9. The predicted octanol–water partition coefficient (Wildman–Crippen LogP) is 2.68. The molecule has 0 spiro atoms. The van der Waals surface area contributed by atoms with E-state index in [4.69, 9.17) is 11.6 Å². The van der Waals surface area contributed by atoms with Gasteiger partial charge in [-0.15, -0.1) is 11.3 Å². The summed E-state index contributed by atoms with van der Waals surface area (Å²) in [6, 6.07) is 1.20. The van der Waals surface area contributed by atoms with E-state index in [0.29, 0.717) is 6.54 Å². The Hall–Kier alpha value is -2.06. The molecule has 7 nitrogen and oxygen atoms in total. The van der Waals surface area contributed by atoms with E-state index in [1.807, 2.05) is 6.92 Å². The number of carbonyl (C=O) groups excluding carboxylic acids is 1. The van der Waals surface area contributed by atoms with Crippen molar-refractivity contribution >= 4 is 34.5 Å². The van der Waals surface area contributed by atoms with Gasteiger partial charge in [-0.3, -0.25) is 14.9 Å². The van der Waals surface area contributed by atoms with Crippen LogP contribution in [0.15, 0.2) is 18.5 Å². The van der Waals surface area contributed by atoms with Crippen molar-refractivity contribution in [2.45, 2.75) is 13.5 Å². The molecule has 0 bridgehead atoms. The molecule has 2 heterocycles. The van der Waals surface area contributed by atoms with Crippen LogP contribution in [0.25, 0.3) is 0 Å². The molecule has 2 aromatic heterocycles.